The number of carbonyl (C=O) groups is 5. The maximum Gasteiger partial charge on any atom is 0.309 e. The van der Waals surface area contributed by atoms with E-state index in [1.165, 1.54) is 5.57 Å². The van der Waals surface area contributed by atoms with Crippen molar-refractivity contribution >= 4 is 29.9 Å². The maximum atomic E-state index is 14.4. The van der Waals surface area contributed by atoms with Gasteiger partial charge >= 0.3 is 5.97 Å². The van der Waals surface area contributed by atoms with E-state index in [0.29, 0.717) is 55.1 Å². The lowest BCUT2D eigenvalue weighted by Gasteiger charge is -2.67. The van der Waals surface area contributed by atoms with Gasteiger partial charge in [-0.05, 0) is 159 Å². The van der Waals surface area contributed by atoms with Crippen LogP contribution in [0.4, 0.5) is 0 Å². The van der Waals surface area contributed by atoms with Gasteiger partial charge in [-0.15, -0.1) is 0 Å². The summed E-state index contributed by atoms with van der Waals surface area (Å²) in [5, 5.41) is 13.4. The van der Waals surface area contributed by atoms with E-state index < -0.39 is 11.1 Å². The molecule has 11 heteroatoms. The van der Waals surface area contributed by atoms with E-state index in [1.807, 2.05) is 6.92 Å². The van der Waals surface area contributed by atoms with Crippen LogP contribution in [0.25, 0.3) is 0 Å². The molecule has 13 atom stereocenters. The van der Waals surface area contributed by atoms with Crippen LogP contribution < -0.4 is 15.4 Å². The van der Waals surface area contributed by atoms with Crippen molar-refractivity contribution in [1.82, 2.24) is 10.6 Å². The second-order valence-electron chi connectivity index (χ2n) is 21.2. The normalized spacial score (nSPS) is 39.0. The van der Waals surface area contributed by atoms with Crippen molar-refractivity contribution in [2.45, 2.75) is 149 Å². The van der Waals surface area contributed by atoms with Crippen LogP contribution in [0.15, 0.2) is 35.4 Å². The number of benzene rings is 1. The van der Waals surface area contributed by atoms with Crippen molar-refractivity contribution < 1.29 is 43.3 Å². The van der Waals surface area contributed by atoms with Gasteiger partial charge in [-0.2, -0.15) is 0 Å². The number of Topliss-reactive ketones (excluding diaryl/α,β-unsaturated/α-hetero) is 1. The predicted octanol–water partition coefficient (Wildman–Crippen LogP) is 7.42. The van der Waals surface area contributed by atoms with Crippen LogP contribution in [0.1, 0.15) is 136 Å². The van der Waals surface area contributed by atoms with Crippen molar-refractivity contribution in [2.24, 2.45) is 64.1 Å². The molecule has 1 saturated heterocycles. The molecule has 61 heavy (non-hydrogen) atoms. The van der Waals surface area contributed by atoms with Crippen molar-refractivity contribution in [2.75, 3.05) is 20.3 Å². The number of ether oxygens (including phenoxy) is 3. The van der Waals surface area contributed by atoms with Gasteiger partial charge in [0.2, 0.25) is 5.91 Å². The standard InChI is InChI=1S/C49H68N2O8.CH4O/c1-27(2)41-38(53)24-49(51-45(56)46(5,6)50-43(54)30-9-11-32(12-10-30)58-33-18-22-57-26-33)21-16-37-34(42(41)49)13-14-40-47(7)20-17-39(29(4)36(47)15-19-48(37,40)8)59-44(55)35-23-31(25-52)28(35)3;1-2/h9-12,25,27-29,31,33-37,39-40H,13-24,26H2,1-8H3,(H,50,54)(H,51,56);2H,1H3. The van der Waals surface area contributed by atoms with Crippen LogP contribution in [-0.2, 0) is 28.7 Å². The van der Waals surface area contributed by atoms with Crippen molar-refractivity contribution in [3.63, 3.8) is 0 Å². The summed E-state index contributed by atoms with van der Waals surface area (Å²) in [7, 11) is 1.00. The average Bonchev–Trinajstić information content (AvgIpc) is 3.84. The van der Waals surface area contributed by atoms with Gasteiger partial charge in [0, 0.05) is 31.4 Å². The Hall–Kier alpha value is -3.57. The third kappa shape index (κ3) is 7.90. The molecule has 11 nitrogen and oxygen atoms in total. The number of hydrogen-bond acceptors (Lipinski definition) is 9. The second kappa shape index (κ2) is 17.2. The number of nitrogens with one attached hydrogen (secondary N) is 2. The number of amides is 2. The Kier molecular flexibility index (Phi) is 12.8. The molecule has 1 aromatic rings. The Balaban J connectivity index is 0.00000277. The number of allylic oxidation sites excluding steroid dienone is 1. The van der Waals surface area contributed by atoms with Crippen molar-refractivity contribution in [3.8, 4) is 5.75 Å². The van der Waals surface area contributed by atoms with Gasteiger partial charge in [-0.25, -0.2) is 0 Å². The first-order valence-corrected chi connectivity index (χ1v) is 23.3. The van der Waals surface area contributed by atoms with Crippen LogP contribution in [0, 0.1) is 64.1 Å². The Morgan fingerprint density at radius 3 is 2.23 bits per heavy atom. The first-order chi connectivity index (χ1) is 28.9. The molecule has 1 aliphatic heterocycles. The highest BCUT2D eigenvalue weighted by molar-refractivity contribution is 6.03. The number of hydrogen-bond donors (Lipinski definition) is 3. The third-order valence-electron chi connectivity index (χ3n) is 17.4. The Bertz CT molecular complexity index is 1880. The smallest absolute Gasteiger partial charge is 0.309 e. The van der Waals surface area contributed by atoms with E-state index in [4.69, 9.17) is 19.3 Å². The number of aliphatic hydroxyl groups excluding tert-OH is 1. The highest BCUT2D eigenvalue weighted by Gasteiger charge is 2.65. The molecule has 1 heterocycles. The molecule has 0 bridgehead atoms. The molecular weight excluding hydrogens is 773 g/mol. The number of carbonyl (C=O) groups excluding carboxylic acids is 5. The number of rotatable bonds is 10. The first kappa shape index (κ1) is 45.5. The van der Waals surface area contributed by atoms with Gasteiger partial charge in [0.15, 0.2) is 5.78 Å². The molecular formula is C50H72N2O9. The Morgan fingerprint density at radius 2 is 1.59 bits per heavy atom. The lowest BCUT2D eigenvalue weighted by atomic mass is 9.38. The number of ketones is 1. The fraction of sp³-hybridized carbons (Fsp3) is 0.740. The SMILES string of the molecule is CC(C)C1=C2C3CCC4C(C)(CCC5C(C)C(OC(=O)C6CC(C=O)C6C)CCC54C)C3CCC2(NC(=O)C(C)(C)NC(=O)c2ccc(OC3CCOC3)cc2)CC1=O.CO. The lowest BCUT2D eigenvalue weighted by Crippen LogP contribution is -2.65. The minimum Gasteiger partial charge on any atom is -0.488 e. The van der Waals surface area contributed by atoms with Crippen LogP contribution >= 0.6 is 0 Å². The van der Waals surface area contributed by atoms with Crippen molar-refractivity contribution in [1.29, 1.82) is 0 Å². The molecule has 0 radical (unpaired) electrons. The molecule has 5 saturated carbocycles. The van der Waals surface area contributed by atoms with E-state index in [2.05, 4.69) is 45.3 Å². The van der Waals surface area contributed by atoms with Gasteiger partial charge in [-0.3, -0.25) is 19.2 Å². The van der Waals surface area contributed by atoms with E-state index in [1.54, 1.807) is 38.1 Å². The van der Waals surface area contributed by atoms with Crippen LogP contribution in [0.2, 0.25) is 0 Å². The molecule has 7 aliphatic rings. The lowest BCUT2D eigenvalue weighted by molar-refractivity contribution is -0.195. The summed E-state index contributed by atoms with van der Waals surface area (Å²) in [5.74, 6) is 1.82. The van der Waals surface area contributed by atoms with Crippen LogP contribution in [0.5, 0.6) is 5.75 Å². The molecule has 0 aromatic heterocycles. The molecule has 8 rings (SSSR count). The zero-order chi connectivity index (χ0) is 44.2. The topological polar surface area (TPSA) is 157 Å². The molecule has 336 valence electrons. The number of fused-ring (bicyclic) bond motifs is 7. The van der Waals surface area contributed by atoms with E-state index >= 15 is 0 Å². The van der Waals surface area contributed by atoms with Gasteiger partial charge in [0.05, 0.1) is 24.7 Å². The summed E-state index contributed by atoms with van der Waals surface area (Å²) in [6.07, 6.45) is 10.4. The minimum atomic E-state index is -1.23. The van der Waals surface area contributed by atoms with E-state index in [9.17, 15) is 24.0 Å². The second-order valence-corrected chi connectivity index (χ2v) is 21.2. The minimum absolute atomic E-state index is 0.00963. The monoisotopic (exact) mass is 845 g/mol. The van der Waals surface area contributed by atoms with Gasteiger partial charge in [-0.1, -0.05) is 41.5 Å². The van der Waals surface area contributed by atoms with Gasteiger partial charge in [0.25, 0.3) is 5.91 Å². The molecule has 0 spiro atoms. The molecule has 6 fully saturated rings. The fourth-order valence-electron chi connectivity index (χ4n) is 14.0. The van der Waals surface area contributed by atoms with Crippen molar-refractivity contribution in [3.05, 3.63) is 41.0 Å². The quantitative estimate of drug-likeness (QED) is 0.161. The molecule has 3 N–H and O–H groups in total. The molecule has 13 unspecified atom stereocenters. The number of aliphatic hydroxyl groups is 1. The zero-order valence-corrected chi connectivity index (χ0v) is 38.1. The van der Waals surface area contributed by atoms with Crippen LogP contribution in [-0.4, -0.2) is 78.6 Å². The van der Waals surface area contributed by atoms with Gasteiger partial charge in [0.1, 0.15) is 29.8 Å². The summed E-state index contributed by atoms with van der Waals surface area (Å²) >= 11 is 0. The average molecular weight is 845 g/mol. The first-order valence-electron chi connectivity index (χ1n) is 23.3. The summed E-state index contributed by atoms with van der Waals surface area (Å²) in [6, 6.07) is 6.99. The fourth-order valence-corrected chi connectivity index (χ4v) is 14.0. The zero-order valence-electron chi connectivity index (χ0n) is 38.1. The maximum absolute atomic E-state index is 14.4. The summed E-state index contributed by atoms with van der Waals surface area (Å²) < 4.78 is 17.7. The van der Waals surface area contributed by atoms with E-state index in [0.717, 1.165) is 70.3 Å². The Labute approximate surface area is 363 Å². The molecule has 6 aliphatic carbocycles. The Morgan fingerprint density at radius 1 is 0.918 bits per heavy atom. The van der Waals surface area contributed by atoms with Crippen LogP contribution in [0.3, 0.4) is 0 Å². The third-order valence-corrected chi connectivity index (χ3v) is 17.4. The van der Waals surface area contributed by atoms with E-state index in [-0.39, 0.29) is 88.5 Å². The highest BCUT2D eigenvalue weighted by Crippen LogP contribution is 2.70. The largest absolute Gasteiger partial charge is 0.488 e. The molecule has 2 amide bonds. The number of aldehydes is 1. The predicted molar refractivity (Wildman–Crippen MR) is 231 cm³/mol. The highest BCUT2D eigenvalue weighted by atomic mass is 16.5. The van der Waals surface area contributed by atoms with Gasteiger partial charge < -0.3 is 34.7 Å². The summed E-state index contributed by atoms with van der Waals surface area (Å²) in [6.45, 7) is 18.3. The summed E-state index contributed by atoms with van der Waals surface area (Å²) in [5.41, 5.74) is 0.728. The number of esters is 1. The summed E-state index contributed by atoms with van der Waals surface area (Å²) in [4.78, 5) is 66.7. The molecule has 1 aromatic carbocycles.